The Morgan fingerprint density at radius 2 is 0.747 bits per heavy atom. The molecule has 22 aliphatic heterocycles. The van der Waals surface area contributed by atoms with Crippen molar-refractivity contribution in [1.82, 2.24) is 0 Å². The molecule has 12 bridgehead atoms. The van der Waals surface area contributed by atoms with E-state index in [-0.39, 0.29) is 5.41 Å². The fraction of sp³-hybridized carbons (Fsp3) is 0.821. The maximum atomic E-state index is 11.8. The summed E-state index contributed by atoms with van der Waals surface area (Å²) in [6.45, 7) is 4.36. The van der Waals surface area contributed by atoms with Gasteiger partial charge in [-0.3, -0.25) is 0 Å². The lowest BCUT2D eigenvalue weighted by Crippen LogP contribution is -2.69. The first kappa shape index (κ1) is 70.3. The fourth-order valence-corrected chi connectivity index (χ4v) is 12.1. The van der Waals surface area contributed by atoms with E-state index in [1.165, 1.54) is 17.2 Å². The van der Waals surface area contributed by atoms with Gasteiger partial charge in [-0.2, -0.15) is 0 Å². The zero-order valence-corrected chi connectivity index (χ0v) is 48.6. The Labute approximate surface area is 500 Å². The van der Waals surface area contributed by atoms with Crippen LogP contribution in [0.15, 0.2) is 58.7 Å². The molecule has 0 aromatic rings. The second kappa shape index (κ2) is 30.5. The number of ether oxygens (including phenoxy) is 13. The van der Waals surface area contributed by atoms with Gasteiger partial charge >= 0.3 is 0 Å². The molecule has 0 spiro atoms. The Hall–Kier alpha value is -2.54. The molecule has 22 saturated heterocycles. The van der Waals surface area contributed by atoms with Crippen LogP contribution in [0.5, 0.6) is 0 Å². The molecule has 22 fully saturated rings. The van der Waals surface area contributed by atoms with Crippen molar-refractivity contribution in [2.24, 2.45) is 5.41 Å². The van der Waals surface area contributed by atoms with Gasteiger partial charge in [-0.1, -0.05) is 60.9 Å². The minimum Gasteiger partial charge on any atom is -0.394 e. The summed E-state index contributed by atoms with van der Waals surface area (Å²) in [6, 6.07) is 0. The summed E-state index contributed by atoms with van der Waals surface area (Å²) < 4.78 is 75.6. The van der Waals surface area contributed by atoms with E-state index in [1.54, 1.807) is 19.1 Å². The summed E-state index contributed by atoms with van der Waals surface area (Å²) in [7, 11) is 0. The number of aliphatic hydroxyl groups is 18. The van der Waals surface area contributed by atoms with Crippen LogP contribution in [0.2, 0.25) is 0 Å². The summed E-state index contributed by atoms with van der Waals surface area (Å²) in [6.07, 6.45) is -47.3. The molecule has 31 heteroatoms. The van der Waals surface area contributed by atoms with Gasteiger partial charge in [-0.15, -0.1) is 0 Å². The van der Waals surface area contributed by atoms with E-state index in [0.717, 1.165) is 24.8 Å². The van der Waals surface area contributed by atoms with Gasteiger partial charge in [0.1, 0.15) is 146 Å². The zero-order valence-electron chi connectivity index (χ0n) is 48.6. The first-order valence-corrected chi connectivity index (χ1v) is 29.1. The van der Waals surface area contributed by atoms with E-state index in [2.05, 4.69) is 26.8 Å². The molecule has 0 radical (unpaired) electrons. The Morgan fingerprint density at radius 1 is 0.448 bits per heavy atom. The van der Waals surface area contributed by atoms with E-state index in [9.17, 15) is 91.9 Å². The van der Waals surface area contributed by atoms with Gasteiger partial charge in [0.25, 0.3) is 0 Å². The van der Waals surface area contributed by atoms with Gasteiger partial charge in [0.15, 0.2) is 44.0 Å². The average molecular weight is 1260 g/mol. The van der Waals surface area contributed by atoms with Crippen LogP contribution >= 0.6 is 0 Å². The van der Waals surface area contributed by atoms with Crippen molar-refractivity contribution in [3.05, 3.63) is 58.7 Å². The summed E-state index contributed by atoms with van der Waals surface area (Å²) in [5, 5.41) is 201. The van der Waals surface area contributed by atoms with Gasteiger partial charge in [0.2, 0.25) is 0 Å². The van der Waals surface area contributed by atoms with Crippen molar-refractivity contribution in [1.29, 1.82) is 0 Å². The highest BCUT2D eigenvalue weighted by Crippen LogP contribution is 2.42. The van der Waals surface area contributed by atoms with Crippen molar-refractivity contribution in [3.63, 3.8) is 0 Å². The van der Waals surface area contributed by atoms with Gasteiger partial charge in [0.05, 0.1) is 39.6 Å². The monoisotopic (exact) mass is 1260 g/mol. The van der Waals surface area contributed by atoms with Crippen LogP contribution in [0.25, 0.3) is 0 Å². The highest BCUT2D eigenvalue weighted by molar-refractivity contribution is 5.37. The van der Waals surface area contributed by atoms with Gasteiger partial charge in [-0.25, -0.2) is 0 Å². The number of allylic oxidation sites excluding steroid dienone is 9. The molecule has 1 aliphatic carbocycles. The molecule has 0 saturated carbocycles. The third-order valence-corrected chi connectivity index (χ3v) is 17.1. The SMILES string of the molecule is CC1=C(/C=C/C(C)=C/C=C/C(C)=C/[C@H](O)OCC2OC3OC4C(CO)OC(OC5C(CO)OC(OC6C(CO)OC(OC7C(CO)OC(OC8C(CO)OC(OC2C(O)C3O)C(O)C8O)C(O)C7O)C(O)C6O)C(O)C5O)C(O)C4O)C(C)(C)CCC1. The van der Waals surface area contributed by atoms with Crippen molar-refractivity contribution < 1.29 is 153 Å². The molecule has 31 nitrogen and oxygen atoms in total. The van der Waals surface area contributed by atoms with E-state index in [4.69, 9.17) is 61.6 Å². The number of rotatable bonds is 13. The van der Waals surface area contributed by atoms with Crippen molar-refractivity contribution in [3.8, 4) is 0 Å². The molecule has 87 heavy (non-hydrogen) atoms. The predicted molar refractivity (Wildman–Crippen MR) is 287 cm³/mol. The third kappa shape index (κ3) is 15.6. The summed E-state index contributed by atoms with van der Waals surface area (Å²) in [4.78, 5) is 0. The highest BCUT2D eigenvalue weighted by atomic mass is 16.8. The Morgan fingerprint density at radius 3 is 1.05 bits per heavy atom. The van der Waals surface area contributed by atoms with Crippen LogP contribution in [-0.2, 0) is 61.6 Å². The number of aliphatic hydroxyl groups excluding tert-OH is 18. The second-order valence-corrected chi connectivity index (χ2v) is 23.8. The van der Waals surface area contributed by atoms with E-state index in [0.29, 0.717) is 5.57 Å². The standard InChI is InChI=1S/C56H88O31/c1-21(11-12-24-23(3)10-7-13-56(24,4)5)8-6-9-22(2)14-31(62)75-20-30-49-37(68)43(74)55(81-30)86-48-29(19-61)79-53(41(72)35(48)66)84-46-27(17-59)77-51(39(70)33(46)64)82-44-25(15-57)76-50(38(69)32(44)63)83-45-26(16-58)78-52(40(71)34(45)65)85-47-28(18-60)80-54(87-49)42(73)36(47)67/h6,8-9,11-12,14,25-55,57-74H,7,10,13,15-20H2,1-5H3/b9-6+,12-11+,21-8+,22-14+/t25?,26?,27?,28?,29?,30?,31-,32?,33?,34?,35?,36?,37?,38?,39?,40?,41?,42?,43?,44?,45?,46?,47?,48?,49?,50?,51?,52?,53?,54?,55?/m1/s1. The molecule has 31 atom stereocenters. The summed E-state index contributed by atoms with van der Waals surface area (Å²) in [5.41, 5.74) is 4.16. The van der Waals surface area contributed by atoms with E-state index < -0.39 is 230 Å². The van der Waals surface area contributed by atoms with Gasteiger partial charge in [-0.05, 0) is 57.1 Å². The van der Waals surface area contributed by atoms with Crippen molar-refractivity contribution >= 4 is 0 Å². The minimum atomic E-state index is -2.21. The first-order valence-electron chi connectivity index (χ1n) is 29.1. The molecule has 0 amide bonds. The lowest BCUT2D eigenvalue weighted by molar-refractivity contribution is -0.404. The van der Waals surface area contributed by atoms with Crippen LogP contribution in [-0.4, -0.2) is 322 Å². The molecule has 498 valence electrons. The van der Waals surface area contributed by atoms with Crippen LogP contribution in [0, 0.1) is 5.41 Å². The molecule has 0 aromatic heterocycles. The highest BCUT2D eigenvalue weighted by Gasteiger charge is 2.59. The van der Waals surface area contributed by atoms with Crippen LogP contribution in [0.3, 0.4) is 0 Å². The van der Waals surface area contributed by atoms with Crippen molar-refractivity contribution in [2.45, 2.75) is 244 Å². The maximum Gasteiger partial charge on any atom is 0.187 e. The third-order valence-electron chi connectivity index (χ3n) is 17.1. The predicted octanol–water partition coefficient (Wildman–Crippen LogP) is -7.18. The Bertz CT molecular complexity index is 2340. The maximum absolute atomic E-state index is 11.8. The molecule has 23 rings (SSSR count). The summed E-state index contributed by atoms with van der Waals surface area (Å²) >= 11 is 0. The van der Waals surface area contributed by atoms with Crippen LogP contribution in [0.4, 0.5) is 0 Å². The molecule has 18 N–H and O–H groups in total. The molecule has 23 aliphatic rings. The van der Waals surface area contributed by atoms with E-state index >= 15 is 0 Å². The smallest absolute Gasteiger partial charge is 0.187 e. The first-order chi connectivity index (χ1) is 41.3. The number of hydrogen-bond acceptors (Lipinski definition) is 31. The lowest BCUT2D eigenvalue weighted by atomic mass is 9.72. The molecular weight excluding hydrogens is 1170 g/mol. The minimum absolute atomic E-state index is 0.0501. The zero-order chi connectivity index (χ0) is 63.5. The van der Waals surface area contributed by atoms with Gasteiger partial charge < -0.3 is 153 Å². The van der Waals surface area contributed by atoms with Crippen LogP contribution in [0.1, 0.15) is 53.9 Å². The largest absolute Gasteiger partial charge is 0.394 e. The van der Waals surface area contributed by atoms with E-state index in [1.807, 2.05) is 19.1 Å². The van der Waals surface area contributed by atoms with Gasteiger partial charge in [0, 0.05) is 0 Å². The Balaban J connectivity index is 1.07. The fourth-order valence-electron chi connectivity index (χ4n) is 12.1. The Kier molecular flexibility index (Phi) is 24.6. The lowest BCUT2D eigenvalue weighted by Gasteiger charge is -2.50. The summed E-state index contributed by atoms with van der Waals surface area (Å²) in [5.74, 6) is 0. The number of hydrogen-bond donors (Lipinski definition) is 18. The van der Waals surface area contributed by atoms with Crippen LogP contribution < -0.4 is 0 Å². The van der Waals surface area contributed by atoms with Crippen molar-refractivity contribution in [2.75, 3.05) is 39.6 Å². The molecular formula is C56H88O31. The molecule has 0 aromatic carbocycles. The topological polar surface area (TPSA) is 484 Å². The quantitative estimate of drug-likeness (QED) is 0.0602. The normalized spacial score (nSPS) is 47.6. The molecule has 22 heterocycles. The molecule has 30 unspecified atom stereocenters. The average Bonchev–Trinajstić information content (AvgIpc) is 1.05. The second-order valence-electron chi connectivity index (χ2n) is 23.8.